The van der Waals surface area contributed by atoms with Crippen molar-refractivity contribution in [3.05, 3.63) is 35.6 Å². The summed E-state index contributed by atoms with van der Waals surface area (Å²) in [6.07, 6.45) is 0.602. The molecule has 1 saturated heterocycles. The molecule has 5 heteroatoms. The normalized spacial score (nSPS) is 18.2. The smallest absolute Gasteiger partial charge is 0.306 e. The third-order valence-electron chi connectivity index (χ3n) is 3.76. The molecule has 22 heavy (non-hydrogen) atoms. The van der Waals surface area contributed by atoms with E-state index < -0.39 is 0 Å². The number of ether oxygens (including phenoxy) is 1. The Balaban J connectivity index is 2.07. The fraction of sp³-hybridized carbons (Fsp3) is 0.529. The van der Waals surface area contributed by atoms with Crippen molar-refractivity contribution in [1.29, 1.82) is 0 Å². The van der Waals surface area contributed by atoms with Gasteiger partial charge < -0.3 is 9.64 Å². The van der Waals surface area contributed by atoms with Crippen LogP contribution in [0, 0.1) is 11.7 Å². The summed E-state index contributed by atoms with van der Waals surface area (Å²) in [7, 11) is 0. The number of rotatable bonds is 4. The lowest BCUT2D eigenvalue weighted by atomic mass is 9.99. The van der Waals surface area contributed by atoms with E-state index in [0.29, 0.717) is 26.0 Å². The van der Waals surface area contributed by atoms with Gasteiger partial charge in [-0.1, -0.05) is 12.1 Å². The molecule has 0 unspecified atom stereocenters. The van der Waals surface area contributed by atoms with Crippen LogP contribution >= 0.6 is 0 Å². The SMILES string of the molecule is CC(C)(C)N(Cc1ccc(F)cc1)C(=O)C[C@@H]1COC(=O)C1. The minimum Gasteiger partial charge on any atom is -0.465 e. The van der Waals surface area contributed by atoms with Gasteiger partial charge in [-0.25, -0.2) is 4.39 Å². The van der Waals surface area contributed by atoms with Crippen molar-refractivity contribution in [2.24, 2.45) is 5.92 Å². The predicted molar refractivity (Wildman–Crippen MR) is 80.4 cm³/mol. The molecule has 1 amide bonds. The quantitative estimate of drug-likeness (QED) is 0.804. The van der Waals surface area contributed by atoms with Crippen LogP contribution in [-0.4, -0.2) is 28.9 Å². The molecule has 1 fully saturated rings. The van der Waals surface area contributed by atoms with Gasteiger partial charge in [-0.05, 0) is 38.5 Å². The summed E-state index contributed by atoms with van der Waals surface area (Å²) in [5.41, 5.74) is 0.526. The molecule has 2 rings (SSSR count). The van der Waals surface area contributed by atoms with Crippen molar-refractivity contribution < 1.29 is 18.7 Å². The van der Waals surface area contributed by atoms with Crippen LogP contribution in [0.2, 0.25) is 0 Å². The van der Waals surface area contributed by atoms with Gasteiger partial charge in [0.25, 0.3) is 0 Å². The zero-order valence-electron chi connectivity index (χ0n) is 13.3. The number of benzene rings is 1. The van der Waals surface area contributed by atoms with Crippen molar-refractivity contribution in [3.8, 4) is 0 Å². The monoisotopic (exact) mass is 307 g/mol. The molecular formula is C17H22FNO3. The summed E-state index contributed by atoms with van der Waals surface area (Å²) in [6.45, 7) is 6.63. The molecule has 0 radical (unpaired) electrons. The van der Waals surface area contributed by atoms with Crippen LogP contribution in [0.5, 0.6) is 0 Å². The third kappa shape index (κ3) is 4.29. The molecular weight excluding hydrogens is 285 g/mol. The van der Waals surface area contributed by atoms with Crippen LogP contribution in [0.4, 0.5) is 4.39 Å². The number of cyclic esters (lactones) is 1. The Kier molecular flexibility index (Phi) is 4.84. The van der Waals surface area contributed by atoms with E-state index in [1.807, 2.05) is 20.8 Å². The molecule has 0 spiro atoms. The maximum absolute atomic E-state index is 13.0. The lowest BCUT2D eigenvalue weighted by Crippen LogP contribution is -2.45. The maximum Gasteiger partial charge on any atom is 0.306 e. The minimum atomic E-state index is -0.352. The molecule has 0 saturated carbocycles. The van der Waals surface area contributed by atoms with E-state index in [1.165, 1.54) is 12.1 Å². The fourth-order valence-corrected chi connectivity index (χ4v) is 2.52. The largest absolute Gasteiger partial charge is 0.465 e. The molecule has 0 bridgehead atoms. The molecule has 1 aromatic rings. The highest BCUT2D eigenvalue weighted by atomic mass is 19.1. The van der Waals surface area contributed by atoms with E-state index in [-0.39, 0.29) is 29.2 Å². The molecule has 1 aliphatic heterocycles. The van der Waals surface area contributed by atoms with E-state index >= 15 is 0 Å². The van der Waals surface area contributed by atoms with Crippen LogP contribution in [-0.2, 0) is 20.9 Å². The van der Waals surface area contributed by atoms with Crippen LogP contribution in [0.25, 0.3) is 0 Å². The first-order chi connectivity index (χ1) is 10.3. The standard InChI is InChI=1S/C17H22FNO3/c1-17(2,3)19(10-12-4-6-14(18)7-5-12)15(20)8-13-9-16(21)22-11-13/h4-7,13H,8-11H2,1-3H3/t13-/m0/s1. The number of carbonyl (C=O) groups is 2. The number of nitrogens with zero attached hydrogens (tertiary/aromatic N) is 1. The fourth-order valence-electron chi connectivity index (χ4n) is 2.52. The minimum absolute atomic E-state index is 0.0138. The highest BCUT2D eigenvalue weighted by Gasteiger charge is 2.31. The number of halogens is 1. The molecule has 4 nitrogen and oxygen atoms in total. The number of esters is 1. The lowest BCUT2D eigenvalue weighted by molar-refractivity contribution is -0.139. The third-order valence-corrected chi connectivity index (χ3v) is 3.76. The van der Waals surface area contributed by atoms with Crippen molar-refractivity contribution in [3.63, 3.8) is 0 Å². The Hall–Kier alpha value is -1.91. The van der Waals surface area contributed by atoms with Gasteiger partial charge >= 0.3 is 5.97 Å². The predicted octanol–water partition coefficient (Wildman–Crippen LogP) is 2.91. The van der Waals surface area contributed by atoms with Gasteiger partial charge in [0, 0.05) is 24.4 Å². The van der Waals surface area contributed by atoms with E-state index in [9.17, 15) is 14.0 Å². The summed E-state index contributed by atoms with van der Waals surface area (Å²) in [6, 6.07) is 6.15. The number of hydrogen-bond acceptors (Lipinski definition) is 3. The molecule has 1 aliphatic rings. The van der Waals surface area contributed by atoms with E-state index in [0.717, 1.165) is 5.56 Å². The van der Waals surface area contributed by atoms with Gasteiger partial charge in [0.1, 0.15) is 5.82 Å². The van der Waals surface area contributed by atoms with Crippen molar-refractivity contribution in [1.82, 2.24) is 4.90 Å². The number of hydrogen-bond donors (Lipinski definition) is 0. The molecule has 1 atom stereocenters. The molecule has 120 valence electrons. The Morgan fingerprint density at radius 3 is 2.45 bits per heavy atom. The van der Waals surface area contributed by atoms with Crippen molar-refractivity contribution >= 4 is 11.9 Å². The Bertz CT molecular complexity index is 548. The summed E-state index contributed by atoms with van der Waals surface area (Å²) in [5.74, 6) is -0.587. The Labute approximate surface area is 130 Å². The van der Waals surface area contributed by atoms with Gasteiger partial charge in [0.05, 0.1) is 13.0 Å². The Morgan fingerprint density at radius 2 is 1.95 bits per heavy atom. The van der Waals surface area contributed by atoms with Crippen LogP contribution in [0.3, 0.4) is 0 Å². The molecule has 0 N–H and O–H groups in total. The zero-order valence-corrected chi connectivity index (χ0v) is 13.3. The second-order valence-corrected chi connectivity index (χ2v) is 6.73. The van der Waals surface area contributed by atoms with Gasteiger partial charge in [0.15, 0.2) is 0 Å². The highest BCUT2D eigenvalue weighted by Crippen LogP contribution is 2.24. The van der Waals surface area contributed by atoms with Crippen molar-refractivity contribution in [2.75, 3.05) is 6.61 Å². The summed E-state index contributed by atoms with van der Waals surface area (Å²) in [5, 5.41) is 0. The van der Waals surface area contributed by atoms with Gasteiger partial charge in [0.2, 0.25) is 5.91 Å². The summed E-state index contributed by atoms with van der Waals surface area (Å²) in [4.78, 5) is 25.5. The van der Waals surface area contributed by atoms with Gasteiger partial charge in [-0.2, -0.15) is 0 Å². The van der Waals surface area contributed by atoms with Crippen LogP contribution < -0.4 is 0 Å². The molecule has 0 aliphatic carbocycles. The van der Waals surface area contributed by atoms with E-state index in [1.54, 1.807) is 17.0 Å². The second-order valence-electron chi connectivity index (χ2n) is 6.73. The average molecular weight is 307 g/mol. The Morgan fingerprint density at radius 1 is 1.32 bits per heavy atom. The maximum atomic E-state index is 13.0. The number of amides is 1. The van der Waals surface area contributed by atoms with E-state index in [4.69, 9.17) is 4.74 Å². The summed E-state index contributed by atoms with van der Waals surface area (Å²) < 4.78 is 17.9. The average Bonchev–Trinajstić information content (AvgIpc) is 2.81. The first-order valence-electron chi connectivity index (χ1n) is 7.46. The first kappa shape index (κ1) is 16.5. The number of carbonyl (C=O) groups excluding carboxylic acids is 2. The second kappa shape index (κ2) is 6.46. The first-order valence-corrected chi connectivity index (χ1v) is 7.46. The lowest BCUT2D eigenvalue weighted by Gasteiger charge is -2.36. The molecule has 0 aromatic heterocycles. The van der Waals surface area contributed by atoms with Crippen molar-refractivity contribution in [2.45, 2.75) is 45.7 Å². The molecule has 1 aromatic carbocycles. The topological polar surface area (TPSA) is 46.6 Å². The van der Waals surface area contributed by atoms with Gasteiger partial charge in [-0.15, -0.1) is 0 Å². The zero-order chi connectivity index (χ0) is 16.3. The van der Waals surface area contributed by atoms with E-state index in [2.05, 4.69) is 0 Å². The van der Waals surface area contributed by atoms with Crippen LogP contribution in [0.1, 0.15) is 39.2 Å². The molecule has 1 heterocycles. The summed E-state index contributed by atoms with van der Waals surface area (Å²) >= 11 is 0. The van der Waals surface area contributed by atoms with Crippen LogP contribution in [0.15, 0.2) is 24.3 Å². The highest BCUT2D eigenvalue weighted by molar-refractivity contribution is 5.79. The van der Waals surface area contributed by atoms with Gasteiger partial charge in [-0.3, -0.25) is 9.59 Å².